The van der Waals surface area contributed by atoms with Gasteiger partial charge in [0.1, 0.15) is 11.5 Å². The van der Waals surface area contributed by atoms with Crippen molar-refractivity contribution in [2.75, 3.05) is 26.1 Å². The number of ether oxygens (including phenoxy) is 3. The third-order valence-electron chi connectivity index (χ3n) is 3.33. The SMILES string of the molecule is COc1ccc(/C=C/C(=O)OCC(=O)Nc2ccccc2Cl)c(OC)c1. The number of methoxy groups -OCH3 is 2. The van der Waals surface area contributed by atoms with E-state index in [9.17, 15) is 9.59 Å². The lowest BCUT2D eigenvalue weighted by Gasteiger charge is -2.08. The molecule has 2 aromatic carbocycles. The Bertz CT molecular complexity index is 819. The van der Waals surface area contributed by atoms with Gasteiger partial charge in [-0.05, 0) is 30.3 Å². The fourth-order valence-corrected chi connectivity index (χ4v) is 2.23. The van der Waals surface area contributed by atoms with Crippen molar-refractivity contribution < 1.29 is 23.8 Å². The average molecular weight is 376 g/mol. The standard InChI is InChI=1S/C19H18ClNO5/c1-24-14-9-7-13(17(11-14)25-2)8-10-19(23)26-12-18(22)21-16-6-4-3-5-15(16)20/h3-11H,12H2,1-2H3,(H,21,22)/b10-8+. The zero-order valence-electron chi connectivity index (χ0n) is 14.3. The van der Waals surface area contributed by atoms with Crippen LogP contribution in [0.2, 0.25) is 5.02 Å². The van der Waals surface area contributed by atoms with Crippen molar-refractivity contribution in [3.8, 4) is 11.5 Å². The Morgan fingerprint density at radius 3 is 2.58 bits per heavy atom. The molecule has 0 bridgehead atoms. The summed E-state index contributed by atoms with van der Waals surface area (Å²) in [6.45, 7) is -0.422. The quantitative estimate of drug-likeness (QED) is 0.591. The van der Waals surface area contributed by atoms with Crippen LogP contribution in [0.5, 0.6) is 11.5 Å². The lowest BCUT2D eigenvalue weighted by Crippen LogP contribution is -2.20. The first-order chi connectivity index (χ1) is 12.5. The van der Waals surface area contributed by atoms with E-state index in [1.165, 1.54) is 19.3 Å². The number of esters is 1. The van der Waals surface area contributed by atoms with E-state index in [1.807, 2.05) is 0 Å². The van der Waals surface area contributed by atoms with Gasteiger partial charge in [0.15, 0.2) is 6.61 Å². The van der Waals surface area contributed by atoms with Crippen LogP contribution in [0, 0.1) is 0 Å². The zero-order valence-corrected chi connectivity index (χ0v) is 15.1. The lowest BCUT2D eigenvalue weighted by atomic mass is 10.2. The highest BCUT2D eigenvalue weighted by Gasteiger charge is 2.08. The topological polar surface area (TPSA) is 73.9 Å². The monoisotopic (exact) mass is 375 g/mol. The highest BCUT2D eigenvalue weighted by molar-refractivity contribution is 6.33. The molecule has 0 atom stereocenters. The summed E-state index contributed by atoms with van der Waals surface area (Å²) in [5.41, 5.74) is 1.12. The summed E-state index contributed by atoms with van der Waals surface area (Å²) in [7, 11) is 3.07. The third-order valence-corrected chi connectivity index (χ3v) is 3.66. The van der Waals surface area contributed by atoms with Crippen LogP contribution < -0.4 is 14.8 Å². The van der Waals surface area contributed by atoms with Crippen LogP contribution in [0.25, 0.3) is 6.08 Å². The van der Waals surface area contributed by atoms with Gasteiger partial charge in [0.25, 0.3) is 5.91 Å². The lowest BCUT2D eigenvalue weighted by molar-refractivity contribution is -0.142. The second-order valence-electron chi connectivity index (χ2n) is 5.08. The summed E-state index contributed by atoms with van der Waals surface area (Å²) in [4.78, 5) is 23.6. The van der Waals surface area contributed by atoms with E-state index in [4.69, 9.17) is 25.8 Å². The number of rotatable bonds is 7. The number of hydrogen-bond donors (Lipinski definition) is 1. The molecule has 0 aliphatic rings. The average Bonchev–Trinajstić information content (AvgIpc) is 2.66. The Labute approximate surface area is 156 Å². The van der Waals surface area contributed by atoms with Gasteiger partial charge < -0.3 is 19.5 Å². The third kappa shape index (κ3) is 5.53. The van der Waals surface area contributed by atoms with Gasteiger partial charge in [0.05, 0.1) is 24.9 Å². The van der Waals surface area contributed by atoms with E-state index in [0.29, 0.717) is 27.8 Å². The maximum Gasteiger partial charge on any atom is 0.331 e. The molecular weight excluding hydrogens is 358 g/mol. The molecule has 0 aliphatic heterocycles. The smallest absolute Gasteiger partial charge is 0.331 e. The van der Waals surface area contributed by atoms with Crippen molar-refractivity contribution in [3.63, 3.8) is 0 Å². The molecule has 0 fully saturated rings. The summed E-state index contributed by atoms with van der Waals surface area (Å²) in [5, 5.41) is 2.97. The van der Waals surface area contributed by atoms with Crippen LogP contribution in [0.3, 0.4) is 0 Å². The fraction of sp³-hybridized carbons (Fsp3) is 0.158. The molecule has 1 N–H and O–H groups in total. The molecule has 0 aliphatic carbocycles. The van der Waals surface area contributed by atoms with Gasteiger partial charge >= 0.3 is 5.97 Å². The first kappa shape index (κ1) is 19.3. The van der Waals surface area contributed by atoms with Crippen LogP contribution >= 0.6 is 11.6 Å². The number of carbonyl (C=O) groups is 2. The number of hydrogen-bond acceptors (Lipinski definition) is 5. The summed E-state index contributed by atoms with van der Waals surface area (Å²) in [6, 6.07) is 12.0. The molecule has 6 nitrogen and oxygen atoms in total. The normalized spacial score (nSPS) is 10.4. The van der Waals surface area contributed by atoms with Gasteiger partial charge in [-0.3, -0.25) is 4.79 Å². The maximum absolute atomic E-state index is 11.8. The van der Waals surface area contributed by atoms with Crippen LogP contribution in [0.15, 0.2) is 48.5 Å². The van der Waals surface area contributed by atoms with Gasteiger partial charge in [-0.15, -0.1) is 0 Å². The molecule has 136 valence electrons. The highest BCUT2D eigenvalue weighted by atomic mass is 35.5. The van der Waals surface area contributed by atoms with Crippen molar-refractivity contribution in [2.24, 2.45) is 0 Å². The minimum Gasteiger partial charge on any atom is -0.497 e. The summed E-state index contributed by atoms with van der Waals surface area (Å²) in [6.07, 6.45) is 2.75. The Morgan fingerprint density at radius 1 is 1.12 bits per heavy atom. The molecule has 0 saturated carbocycles. The highest BCUT2D eigenvalue weighted by Crippen LogP contribution is 2.25. The van der Waals surface area contributed by atoms with Gasteiger partial charge in [-0.1, -0.05) is 23.7 Å². The molecule has 7 heteroatoms. The Hall–Kier alpha value is -2.99. The number of halogens is 1. The van der Waals surface area contributed by atoms with Crippen LogP contribution in [-0.2, 0) is 14.3 Å². The van der Waals surface area contributed by atoms with Gasteiger partial charge in [-0.25, -0.2) is 4.79 Å². The van der Waals surface area contributed by atoms with Crippen molar-refractivity contribution in [1.82, 2.24) is 0 Å². The number of carbonyl (C=O) groups excluding carboxylic acids is 2. The molecule has 0 aromatic heterocycles. The van der Waals surface area contributed by atoms with Crippen LogP contribution in [-0.4, -0.2) is 32.7 Å². The number of para-hydroxylation sites is 1. The minimum atomic E-state index is -0.655. The number of amides is 1. The van der Waals surface area contributed by atoms with E-state index in [1.54, 1.807) is 49.6 Å². The van der Waals surface area contributed by atoms with Crippen molar-refractivity contribution in [2.45, 2.75) is 0 Å². The van der Waals surface area contributed by atoms with E-state index in [-0.39, 0.29) is 0 Å². The van der Waals surface area contributed by atoms with Gasteiger partial charge in [-0.2, -0.15) is 0 Å². The molecule has 0 unspecified atom stereocenters. The molecule has 0 radical (unpaired) electrons. The molecule has 2 rings (SSSR count). The molecule has 26 heavy (non-hydrogen) atoms. The van der Waals surface area contributed by atoms with Gasteiger partial charge in [0, 0.05) is 17.7 Å². The van der Waals surface area contributed by atoms with Gasteiger partial charge in [0.2, 0.25) is 0 Å². The van der Waals surface area contributed by atoms with Crippen molar-refractivity contribution in [1.29, 1.82) is 0 Å². The molecule has 1 amide bonds. The molecule has 0 heterocycles. The minimum absolute atomic E-state index is 0.402. The van der Waals surface area contributed by atoms with Crippen LogP contribution in [0.1, 0.15) is 5.56 Å². The molecule has 0 spiro atoms. The first-order valence-corrected chi connectivity index (χ1v) is 8.02. The molecule has 0 saturated heterocycles. The molecular formula is C19H18ClNO5. The second-order valence-corrected chi connectivity index (χ2v) is 5.48. The molecule has 2 aromatic rings. The maximum atomic E-state index is 11.8. The Kier molecular flexibility index (Phi) is 7.05. The number of benzene rings is 2. The summed E-state index contributed by atoms with van der Waals surface area (Å²) < 4.78 is 15.3. The summed E-state index contributed by atoms with van der Waals surface area (Å²) in [5.74, 6) is 0.0433. The van der Waals surface area contributed by atoms with Crippen molar-refractivity contribution >= 4 is 35.2 Å². The largest absolute Gasteiger partial charge is 0.497 e. The zero-order chi connectivity index (χ0) is 18.9. The van der Waals surface area contributed by atoms with E-state index < -0.39 is 18.5 Å². The fourth-order valence-electron chi connectivity index (χ4n) is 2.05. The number of anilines is 1. The second kappa shape index (κ2) is 9.48. The van der Waals surface area contributed by atoms with Crippen LogP contribution in [0.4, 0.5) is 5.69 Å². The summed E-state index contributed by atoms with van der Waals surface area (Å²) >= 11 is 5.94. The first-order valence-electron chi connectivity index (χ1n) is 7.64. The number of nitrogens with one attached hydrogen (secondary N) is 1. The van der Waals surface area contributed by atoms with Crippen molar-refractivity contribution in [3.05, 3.63) is 59.1 Å². The predicted octanol–water partition coefficient (Wildman–Crippen LogP) is 3.55. The van der Waals surface area contributed by atoms with E-state index in [2.05, 4.69) is 5.32 Å². The van der Waals surface area contributed by atoms with E-state index >= 15 is 0 Å². The Morgan fingerprint density at radius 2 is 1.88 bits per heavy atom. The van der Waals surface area contributed by atoms with E-state index in [0.717, 1.165) is 0 Å². The Balaban J connectivity index is 1.89. The predicted molar refractivity (Wildman–Crippen MR) is 99.6 cm³/mol.